The maximum absolute atomic E-state index is 5.80. The highest BCUT2D eigenvalue weighted by Crippen LogP contribution is 2.15. The minimum absolute atomic E-state index is 0.131. The minimum Gasteiger partial charge on any atom is -0.356 e. The summed E-state index contributed by atoms with van der Waals surface area (Å²) in [5.74, 6) is 2.42. The third-order valence-electron chi connectivity index (χ3n) is 2.82. The summed E-state index contributed by atoms with van der Waals surface area (Å²) in [6.45, 7) is 2.94. The quantitative estimate of drug-likeness (QED) is 0.673. The second-order valence-electron chi connectivity index (χ2n) is 3.67. The summed E-state index contributed by atoms with van der Waals surface area (Å²) in [6.07, 6.45) is 0.724. The first-order valence-corrected chi connectivity index (χ1v) is 6.54. The van der Waals surface area contributed by atoms with E-state index in [1.54, 1.807) is 14.2 Å². The van der Waals surface area contributed by atoms with Gasteiger partial charge >= 0.3 is 0 Å². The normalized spacial score (nSPS) is 20.8. The Balaban J connectivity index is 2.38. The van der Waals surface area contributed by atoms with Crippen LogP contribution in [0.25, 0.3) is 0 Å². The molecule has 5 heteroatoms. The Morgan fingerprint density at radius 2 is 1.87 bits per heavy atom. The SMILES string of the molecule is COC(CC(CN)N1CCSCC1)OC. The van der Waals surface area contributed by atoms with Crippen molar-refractivity contribution < 1.29 is 9.47 Å². The molecular weight excluding hydrogens is 212 g/mol. The van der Waals surface area contributed by atoms with Gasteiger partial charge in [-0.05, 0) is 0 Å². The monoisotopic (exact) mass is 234 g/mol. The van der Waals surface area contributed by atoms with Gasteiger partial charge in [0.25, 0.3) is 0 Å². The van der Waals surface area contributed by atoms with Gasteiger partial charge in [0.1, 0.15) is 0 Å². The fourth-order valence-corrected chi connectivity index (χ4v) is 2.78. The topological polar surface area (TPSA) is 47.7 Å². The zero-order chi connectivity index (χ0) is 11.1. The molecule has 0 aliphatic carbocycles. The minimum atomic E-state index is -0.131. The molecule has 4 nitrogen and oxygen atoms in total. The molecule has 15 heavy (non-hydrogen) atoms. The first kappa shape index (κ1) is 13.3. The maximum atomic E-state index is 5.80. The van der Waals surface area contributed by atoms with Crippen molar-refractivity contribution in [1.82, 2.24) is 4.90 Å². The van der Waals surface area contributed by atoms with Gasteiger partial charge in [-0.1, -0.05) is 0 Å². The van der Waals surface area contributed by atoms with Crippen molar-refractivity contribution in [3.8, 4) is 0 Å². The van der Waals surface area contributed by atoms with Crippen LogP contribution in [-0.4, -0.2) is 62.6 Å². The highest BCUT2D eigenvalue weighted by atomic mass is 32.2. The Hall–Kier alpha value is 0.190. The fourth-order valence-electron chi connectivity index (χ4n) is 1.85. The Bertz CT molecular complexity index is 162. The third-order valence-corrected chi connectivity index (χ3v) is 3.77. The molecule has 2 N–H and O–H groups in total. The van der Waals surface area contributed by atoms with Crippen LogP contribution in [0.1, 0.15) is 6.42 Å². The van der Waals surface area contributed by atoms with E-state index in [-0.39, 0.29) is 6.29 Å². The summed E-state index contributed by atoms with van der Waals surface area (Å²) in [6, 6.07) is 0.385. The van der Waals surface area contributed by atoms with E-state index in [2.05, 4.69) is 4.90 Å². The number of hydrogen-bond donors (Lipinski definition) is 1. The van der Waals surface area contributed by atoms with Crippen LogP contribution >= 0.6 is 11.8 Å². The molecule has 0 radical (unpaired) electrons. The van der Waals surface area contributed by atoms with Crippen LogP contribution in [0.3, 0.4) is 0 Å². The smallest absolute Gasteiger partial charge is 0.158 e. The second-order valence-corrected chi connectivity index (χ2v) is 4.90. The van der Waals surface area contributed by atoms with E-state index in [1.807, 2.05) is 11.8 Å². The van der Waals surface area contributed by atoms with E-state index in [9.17, 15) is 0 Å². The van der Waals surface area contributed by atoms with Gasteiger partial charge in [0.15, 0.2) is 6.29 Å². The van der Waals surface area contributed by atoms with Crippen LogP contribution in [-0.2, 0) is 9.47 Å². The molecule has 1 fully saturated rings. The van der Waals surface area contributed by atoms with Crippen molar-refractivity contribution in [1.29, 1.82) is 0 Å². The third kappa shape index (κ3) is 4.28. The predicted molar refractivity (Wildman–Crippen MR) is 64.2 cm³/mol. The predicted octanol–water partition coefficient (Wildman–Crippen LogP) is 0.372. The van der Waals surface area contributed by atoms with Crippen LogP contribution in [0, 0.1) is 0 Å². The summed E-state index contributed by atoms with van der Waals surface area (Å²) in [7, 11) is 3.35. The molecule has 0 aromatic carbocycles. The van der Waals surface area contributed by atoms with Crippen LogP contribution in [0.2, 0.25) is 0 Å². The van der Waals surface area contributed by atoms with Crippen molar-refractivity contribution in [2.75, 3.05) is 45.4 Å². The number of nitrogens with zero attached hydrogens (tertiary/aromatic N) is 1. The van der Waals surface area contributed by atoms with Crippen LogP contribution < -0.4 is 5.73 Å². The van der Waals surface area contributed by atoms with Gasteiger partial charge in [-0.2, -0.15) is 11.8 Å². The van der Waals surface area contributed by atoms with Crippen molar-refractivity contribution in [2.45, 2.75) is 18.8 Å². The largest absolute Gasteiger partial charge is 0.356 e. The lowest BCUT2D eigenvalue weighted by atomic mass is 10.1. The summed E-state index contributed by atoms with van der Waals surface area (Å²) < 4.78 is 10.4. The molecule has 1 aliphatic rings. The van der Waals surface area contributed by atoms with Crippen molar-refractivity contribution in [3.63, 3.8) is 0 Å². The molecule has 90 valence electrons. The lowest BCUT2D eigenvalue weighted by Gasteiger charge is -2.34. The highest BCUT2D eigenvalue weighted by Gasteiger charge is 2.22. The summed E-state index contributed by atoms with van der Waals surface area (Å²) in [5.41, 5.74) is 5.80. The molecule has 1 saturated heterocycles. The number of hydrogen-bond acceptors (Lipinski definition) is 5. The van der Waals surface area contributed by atoms with Crippen molar-refractivity contribution in [2.24, 2.45) is 5.73 Å². The van der Waals surface area contributed by atoms with Crippen LogP contribution in [0.4, 0.5) is 0 Å². The molecule has 0 spiro atoms. The first-order valence-electron chi connectivity index (χ1n) is 5.39. The molecule has 0 aromatic heterocycles. The van der Waals surface area contributed by atoms with E-state index in [1.165, 1.54) is 11.5 Å². The van der Waals surface area contributed by atoms with E-state index in [0.29, 0.717) is 12.6 Å². The summed E-state index contributed by atoms with van der Waals surface area (Å²) in [4.78, 5) is 2.45. The molecule has 1 unspecified atom stereocenters. The van der Waals surface area contributed by atoms with E-state index in [0.717, 1.165) is 19.5 Å². The van der Waals surface area contributed by atoms with Gasteiger partial charge in [0.05, 0.1) is 0 Å². The number of nitrogens with two attached hydrogens (primary N) is 1. The Morgan fingerprint density at radius 3 is 2.33 bits per heavy atom. The van der Waals surface area contributed by atoms with Crippen LogP contribution in [0.5, 0.6) is 0 Å². The second kappa shape index (κ2) is 7.46. The molecular formula is C10H22N2O2S. The zero-order valence-corrected chi connectivity index (χ0v) is 10.5. The standard InChI is InChI=1S/C10H22N2O2S/c1-13-10(14-2)7-9(8-11)12-3-5-15-6-4-12/h9-10H,3-8,11H2,1-2H3. The molecule has 0 saturated carbocycles. The van der Waals surface area contributed by atoms with Crippen LogP contribution in [0.15, 0.2) is 0 Å². The summed E-state index contributed by atoms with van der Waals surface area (Å²) >= 11 is 2.01. The number of thioether (sulfide) groups is 1. The van der Waals surface area contributed by atoms with Gasteiger partial charge in [0, 0.05) is 57.8 Å². The molecule has 1 aliphatic heterocycles. The Morgan fingerprint density at radius 1 is 1.27 bits per heavy atom. The summed E-state index contributed by atoms with van der Waals surface area (Å²) in [5, 5.41) is 0. The molecule has 0 aromatic rings. The van der Waals surface area contributed by atoms with Gasteiger partial charge in [-0.25, -0.2) is 0 Å². The molecule has 1 rings (SSSR count). The lowest BCUT2D eigenvalue weighted by Crippen LogP contribution is -2.47. The molecule has 0 amide bonds. The number of rotatable bonds is 6. The maximum Gasteiger partial charge on any atom is 0.158 e. The molecule has 1 atom stereocenters. The van der Waals surface area contributed by atoms with E-state index < -0.39 is 0 Å². The number of methoxy groups -OCH3 is 2. The highest BCUT2D eigenvalue weighted by molar-refractivity contribution is 7.99. The fraction of sp³-hybridized carbons (Fsp3) is 1.00. The van der Waals surface area contributed by atoms with Crippen molar-refractivity contribution >= 4 is 11.8 Å². The molecule has 1 heterocycles. The van der Waals surface area contributed by atoms with Gasteiger partial charge < -0.3 is 15.2 Å². The van der Waals surface area contributed by atoms with E-state index >= 15 is 0 Å². The Kier molecular flexibility index (Phi) is 6.59. The molecule has 0 bridgehead atoms. The van der Waals surface area contributed by atoms with Crippen molar-refractivity contribution in [3.05, 3.63) is 0 Å². The zero-order valence-electron chi connectivity index (χ0n) is 9.65. The average molecular weight is 234 g/mol. The lowest BCUT2D eigenvalue weighted by molar-refractivity contribution is -0.116. The number of ether oxygens (including phenoxy) is 2. The van der Waals surface area contributed by atoms with Gasteiger partial charge in [-0.3, -0.25) is 4.90 Å². The average Bonchev–Trinajstić information content (AvgIpc) is 2.32. The first-order chi connectivity index (χ1) is 7.31. The van der Waals surface area contributed by atoms with Gasteiger partial charge in [-0.15, -0.1) is 0 Å². The Labute approximate surface area is 96.5 Å². The van der Waals surface area contributed by atoms with E-state index in [4.69, 9.17) is 15.2 Å². The van der Waals surface area contributed by atoms with Gasteiger partial charge in [0.2, 0.25) is 0 Å².